The number of hydrogen-bond donors (Lipinski definition) is 1. The van der Waals surface area contributed by atoms with Crippen molar-refractivity contribution in [1.82, 2.24) is 15.1 Å². The van der Waals surface area contributed by atoms with Gasteiger partial charge in [-0.2, -0.15) is 5.10 Å². The first kappa shape index (κ1) is 21.4. The molecule has 0 aliphatic carbocycles. The van der Waals surface area contributed by atoms with Crippen LogP contribution in [0.5, 0.6) is 0 Å². The number of rotatable bonds is 6. The van der Waals surface area contributed by atoms with Crippen LogP contribution < -0.4 is 10.2 Å². The highest BCUT2D eigenvalue weighted by molar-refractivity contribution is 14.1. The first-order valence-electron chi connectivity index (χ1n) is 10.0. The molecule has 1 atom stereocenters. The van der Waals surface area contributed by atoms with Crippen molar-refractivity contribution in [2.45, 2.75) is 26.1 Å². The van der Waals surface area contributed by atoms with Gasteiger partial charge in [0, 0.05) is 16.7 Å². The van der Waals surface area contributed by atoms with Gasteiger partial charge in [0.2, 0.25) is 0 Å². The number of anilines is 1. The maximum Gasteiger partial charge on any atom is 0.337 e. The van der Waals surface area contributed by atoms with Gasteiger partial charge < -0.3 is 15.0 Å². The van der Waals surface area contributed by atoms with Crippen LogP contribution >= 0.6 is 22.6 Å². The number of methoxy groups -OCH3 is 1. The van der Waals surface area contributed by atoms with Crippen molar-refractivity contribution in [2.75, 3.05) is 18.6 Å². The quantitative estimate of drug-likeness (QED) is 0.388. The van der Waals surface area contributed by atoms with Gasteiger partial charge in [-0.05, 0) is 64.9 Å². The minimum absolute atomic E-state index is 0.166. The maximum absolute atomic E-state index is 13.1. The zero-order chi connectivity index (χ0) is 22.0. The Morgan fingerprint density at radius 2 is 1.97 bits per heavy atom. The topological polar surface area (TPSA) is 76.5 Å². The number of esters is 1. The summed E-state index contributed by atoms with van der Waals surface area (Å²) < 4.78 is 7.80. The monoisotopic (exact) mass is 530 g/mol. The lowest BCUT2D eigenvalue weighted by atomic mass is 10.1. The van der Waals surface area contributed by atoms with Crippen molar-refractivity contribution in [3.05, 3.63) is 80.6 Å². The number of hydrogen-bond acceptors (Lipinski definition) is 5. The number of amides is 1. The molecule has 1 aromatic heterocycles. The Morgan fingerprint density at radius 3 is 2.68 bits per heavy atom. The lowest BCUT2D eigenvalue weighted by molar-refractivity contribution is 0.0600. The second-order valence-corrected chi connectivity index (χ2v) is 8.71. The van der Waals surface area contributed by atoms with Crippen LogP contribution in [0.25, 0.3) is 0 Å². The number of fused-ring (bicyclic) bond motifs is 1. The van der Waals surface area contributed by atoms with Crippen LogP contribution in [0.15, 0.2) is 54.7 Å². The Kier molecular flexibility index (Phi) is 6.26. The summed E-state index contributed by atoms with van der Waals surface area (Å²) in [6.45, 7) is 4.22. The molecule has 2 aromatic carbocycles. The molecule has 1 aliphatic rings. The van der Waals surface area contributed by atoms with Crippen LogP contribution in [-0.2, 0) is 17.8 Å². The Morgan fingerprint density at radius 1 is 1.19 bits per heavy atom. The van der Waals surface area contributed by atoms with Crippen LogP contribution in [-0.4, -0.2) is 35.3 Å². The van der Waals surface area contributed by atoms with Gasteiger partial charge in [-0.25, -0.2) is 9.48 Å². The van der Waals surface area contributed by atoms with Gasteiger partial charge in [-0.3, -0.25) is 4.79 Å². The van der Waals surface area contributed by atoms with E-state index in [9.17, 15) is 9.59 Å². The van der Waals surface area contributed by atoms with E-state index in [-0.39, 0.29) is 17.9 Å². The van der Waals surface area contributed by atoms with Crippen molar-refractivity contribution < 1.29 is 14.3 Å². The predicted octanol–water partition coefficient (Wildman–Crippen LogP) is 3.79. The van der Waals surface area contributed by atoms with E-state index in [2.05, 4.69) is 56.1 Å². The standard InChI is InChI=1S/C23H23IN4O3/c1-15(17-6-8-18(9-7-17)23(30)31-2)26-21(29)20-13-25-28-11-10-27(22(20)28)14-16-4-3-5-19(24)12-16/h3-9,12-13,15H,10-11,14H2,1-2H3,(H,26,29). The minimum Gasteiger partial charge on any atom is -0.465 e. The number of carbonyl (C=O) groups excluding carboxylic acids is 2. The highest BCUT2D eigenvalue weighted by Crippen LogP contribution is 2.28. The van der Waals surface area contributed by atoms with Crippen LogP contribution in [0.4, 0.5) is 5.82 Å². The van der Waals surface area contributed by atoms with E-state index >= 15 is 0 Å². The molecule has 1 unspecified atom stereocenters. The van der Waals surface area contributed by atoms with E-state index in [0.717, 1.165) is 31.0 Å². The summed E-state index contributed by atoms with van der Waals surface area (Å²) >= 11 is 2.31. The molecule has 1 N–H and O–H groups in total. The SMILES string of the molecule is COC(=O)c1ccc(C(C)NC(=O)c2cnn3c2N(Cc2cccc(I)c2)CC3)cc1. The van der Waals surface area contributed by atoms with Gasteiger partial charge in [0.05, 0.1) is 31.5 Å². The number of benzene rings is 2. The number of nitrogens with zero attached hydrogens (tertiary/aromatic N) is 3. The molecule has 0 fully saturated rings. The summed E-state index contributed by atoms with van der Waals surface area (Å²) in [5.74, 6) is 0.303. The number of ether oxygens (including phenoxy) is 1. The highest BCUT2D eigenvalue weighted by Gasteiger charge is 2.28. The molecule has 2 heterocycles. The second kappa shape index (κ2) is 9.09. The molecule has 7 nitrogen and oxygen atoms in total. The molecule has 0 bridgehead atoms. The molecule has 0 saturated carbocycles. The average molecular weight is 530 g/mol. The van der Waals surface area contributed by atoms with Crippen molar-refractivity contribution in [3.63, 3.8) is 0 Å². The van der Waals surface area contributed by atoms with Crippen LogP contribution in [0.2, 0.25) is 0 Å². The fourth-order valence-corrected chi connectivity index (χ4v) is 4.36. The summed E-state index contributed by atoms with van der Waals surface area (Å²) in [5, 5.41) is 7.46. The van der Waals surface area contributed by atoms with Crippen molar-refractivity contribution in [2.24, 2.45) is 0 Å². The average Bonchev–Trinajstić information content (AvgIpc) is 3.36. The molecule has 0 spiro atoms. The van der Waals surface area contributed by atoms with Crippen LogP contribution in [0.3, 0.4) is 0 Å². The van der Waals surface area contributed by atoms with Gasteiger partial charge in [0.1, 0.15) is 11.4 Å². The summed E-state index contributed by atoms with van der Waals surface area (Å²) in [7, 11) is 1.35. The van der Waals surface area contributed by atoms with Crippen LogP contribution in [0, 0.1) is 3.57 Å². The minimum atomic E-state index is -0.383. The molecular weight excluding hydrogens is 507 g/mol. The second-order valence-electron chi connectivity index (χ2n) is 7.47. The number of carbonyl (C=O) groups is 2. The molecule has 1 aliphatic heterocycles. The predicted molar refractivity (Wildman–Crippen MR) is 126 cm³/mol. The zero-order valence-electron chi connectivity index (χ0n) is 17.3. The Hall–Kier alpha value is -2.88. The van der Waals surface area contributed by atoms with Crippen molar-refractivity contribution in [3.8, 4) is 0 Å². The molecular formula is C23H23IN4O3. The van der Waals surface area contributed by atoms with Gasteiger partial charge in [0.25, 0.3) is 5.91 Å². The zero-order valence-corrected chi connectivity index (χ0v) is 19.5. The van der Waals surface area contributed by atoms with Gasteiger partial charge in [-0.1, -0.05) is 24.3 Å². The first-order valence-corrected chi connectivity index (χ1v) is 11.1. The van der Waals surface area contributed by atoms with E-state index in [1.807, 2.05) is 29.8 Å². The molecule has 8 heteroatoms. The highest BCUT2D eigenvalue weighted by atomic mass is 127. The van der Waals surface area contributed by atoms with Crippen molar-refractivity contribution in [1.29, 1.82) is 0 Å². The Bertz CT molecular complexity index is 1110. The molecule has 160 valence electrons. The lowest BCUT2D eigenvalue weighted by Crippen LogP contribution is -2.29. The van der Waals surface area contributed by atoms with Gasteiger partial charge >= 0.3 is 5.97 Å². The van der Waals surface area contributed by atoms with Crippen LogP contribution in [0.1, 0.15) is 44.8 Å². The van der Waals surface area contributed by atoms with E-state index < -0.39 is 0 Å². The number of aromatic nitrogens is 2. The fourth-order valence-electron chi connectivity index (χ4n) is 3.75. The maximum atomic E-state index is 13.1. The smallest absolute Gasteiger partial charge is 0.337 e. The Labute approximate surface area is 194 Å². The molecule has 3 aromatic rings. The summed E-state index contributed by atoms with van der Waals surface area (Å²) in [6.07, 6.45) is 1.64. The van der Waals surface area contributed by atoms with E-state index in [1.54, 1.807) is 18.3 Å². The van der Waals surface area contributed by atoms with E-state index in [1.165, 1.54) is 16.2 Å². The third-order valence-electron chi connectivity index (χ3n) is 5.38. The summed E-state index contributed by atoms with van der Waals surface area (Å²) in [5.41, 5.74) is 3.15. The molecule has 4 rings (SSSR count). The molecule has 31 heavy (non-hydrogen) atoms. The largest absolute Gasteiger partial charge is 0.465 e. The lowest BCUT2D eigenvalue weighted by Gasteiger charge is -2.20. The normalized spacial score (nSPS) is 13.6. The molecule has 0 radical (unpaired) electrons. The summed E-state index contributed by atoms with van der Waals surface area (Å²) in [6, 6.07) is 15.2. The molecule has 0 saturated heterocycles. The Balaban J connectivity index is 1.48. The van der Waals surface area contributed by atoms with E-state index in [4.69, 9.17) is 4.74 Å². The molecule has 1 amide bonds. The third-order valence-corrected chi connectivity index (χ3v) is 6.05. The summed E-state index contributed by atoms with van der Waals surface area (Å²) in [4.78, 5) is 26.9. The van der Waals surface area contributed by atoms with E-state index in [0.29, 0.717) is 11.1 Å². The van der Waals surface area contributed by atoms with Gasteiger partial charge in [-0.15, -0.1) is 0 Å². The number of halogens is 1. The van der Waals surface area contributed by atoms with Gasteiger partial charge in [0.15, 0.2) is 0 Å². The number of nitrogens with one attached hydrogen (secondary N) is 1. The fraction of sp³-hybridized carbons (Fsp3) is 0.261. The first-order chi connectivity index (χ1) is 15.0. The third kappa shape index (κ3) is 4.58. The van der Waals surface area contributed by atoms with Crippen molar-refractivity contribution >= 4 is 40.3 Å².